The van der Waals surface area contributed by atoms with Crippen molar-refractivity contribution >= 4 is 17.3 Å². The van der Waals surface area contributed by atoms with Crippen LogP contribution in [0.25, 0.3) is 10.6 Å². The molecule has 0 unspecified atom stereocenters. The first-order chi connectivity index (χ1) is 9.34. The van der Waals surface area contributed by atoms with Gasteiger partial charge in [-0.1, -0.05) is 6.07 Å². The molecule has 20 heavy (non-hydrogen) atoms. The number of thiazole rings is 1. The van der Waals surface area contributed by atoms with Crippen molar-refractivity contribution in [2.75, 3.05) is 7.11 Å². The molecule has 0 radical (unpaired) electrons. The lowest BCUT2D eigenvalue weighted by Crippen LogP contribution is -2.08. The molecule has 0 aliphatic heterocycles. The number of methoxy groups -OCH3 is 1. The third-order valence-electron chi connectivity index (χ3n) is 2.43. The summed E-state index contributed by atoms with van der Waals surface area (Å²) in [5.74, 6) is -2.09. The zero-order valence-corrected chi connectivity index (χ0v) is 10.8. The lowest BCUT2D eigenvalue weighted by molar-refractivity contribution is -0.139. The summed E-state index contributed by atoms with van der Waals surface area (Å²) in [7, 11) is 1.16. The number of esters is 1. The summed E-state index contributed by atoms with van der Waals surface area (Å²) in [5.41, 5.74) is -1.68. The maximum atomic E-state index is 13.9. The Labute approximate surface area is 114 Å². The maximum absolute atomic E-state index is 13.9. The molecule has 0 aliphatic carbocycles. The smallest absolute Gasteiger partial charge is 0.419 e. The van der Waals surface area contributed by atoms with Gasteiger partial charge in [-0.15, -0.1) is 11.3 Å². The molecule has 1 heterocycles. The van der Waals surface area contributed by atoms with Gasteiger partial charge < -0.3 is 4.74 Å². The van der Waals surface area contributed by atoms with Gasteiger partial charge in [0.1, 0.15) is 15.7 Å². The summed E-state index contributed by atoms with van der Waals surface area (Å²) in [5, 5.41) is -0.0194. The molecule has 0 saturated heterocycles. The number of carbonyl (C=O) groups is 1. The quantitative estimate of drug-likeness (QED) is 0.626. The van der Waals surface area contributed by atoms with E-state index in [0.717, 1.165) is 30.7 Å². The van der Waals surface area contributed by atoms with E-state index in [1.54, 1.807) is 0 Å². The molecular formula is C12H7F4NO2S. The molecule has 2 rings (SSSR count). The summed E-state index contributed by atoms with van der Waals surface area (Å²) in [6.07, 6.45) is -3.66. The van der Waals surface area contributed by atoms with Crippen LogP contribution in [-0.2, 0) is 10.9 Å². The van der Waals surface area contributed by atoms with E-state index in [-0.39, 0.29) is 15.4 Å². The number of hydrogen-bond acceptors (Lipinski definition) is 4. The van der Waals surface area contributed by atoms with Gasteiger partial charge >= 0.3 is 12.1 Å². The number of ether oxygens (including phenoxy) is 1. The van der Waals surface area contributed by atoms with Crippen molar-refractivity contribution in [3.05, 3.63) is 40.7 Å². The molecule has 0 atom stereocenters. The zero-order chi connectivity index (χ0) is 14.9. The van der Waals surface area contributed by atoms with Gasteiger partial charge in [0.15, 0.2) is 0 Å². The standard InChI is InChI=1S/C12H7F4NO2S/c1-19-11(18)8-5-17-10(20-8)6-3-2-4-7(9(6)13)12(14,15)16/h2-5H,1H3. The van der Waals surface area contributed by atoms with E-state index < -0.39 is 23.5 Å². The first-order valence-corrected chi connectivity index (χ1v) is 6.06. The van der Waals surface area contributed by atoms with E-state index in [4.69, 9.17) is 0 Å². The molecule has 0 bridgehead atoms. The monoisotopic (exact) mass is 305 g/mol. The van der Waals surface area contributed by atoms with Gasteiger partial charge in [0, 0.05) is 5.56 Å². The minimum Gasteiger partial charge on any atom is -0.465 e. The number of carbonyl (C=O) groups excluding carboxylic acids is 1. The van der Waals surface area contributed by atoms with Crippen molar-refractivity contribution in [2.45, 2.75) is 6.18 Å². The van der Waals surface area contributed by atoms with Gasteiger partial charge in [-0.25, -0.2) is 14.2 Å². The van der Waals surface area contributed by atoms with Crippen molar-refractivity contribution in [3.63, 3.8) is 0 Å². The molecule has 0 fully saturated rings. The van der Waals surface area contributed by atoms with Crippen LogP contribution >= 0.6 is 11.3 Å². The number of halogens is 4. The highest BCUT2D eigenvalue weighted by atomic mass is 32.1. The van der Waals surface area contributed by atoms with E-state index >= 15 is 0 Å². The molecule has 1 aromatic heterocycles. The fourth-order valence-corrected chi connectivity index (χ4v) is 2.36. The van der Waals surface area contributed by atoms with Gasteiger partial charge in [0.2, 0.25) is 0 Å². The minimum atomic E-state index is -4.79. The lowest BCUT2D eigenvalue weighted by atomic mass is 10.1. The van der Waals surface area contributed by atoms with Gasteiger partial charge in [-0.3, -0.25) is 0 Å². The SMILES string of the molecule is COC(=O)c1cnc(-c2cccc(C(F)(F)F)c2F)s1. The highest BCUT2D eigenvalue weighted by Gasteiger charge is 2.35. The second kappa shape index (κ2) is 5.20. The number of benzene rings is 1. The van der Waals surface area contributed by atoms with Crippen LogP contribution in [0.1, 0.15) is 15.2 Å². The predicted molar refractivity (Wildman–Crippen MR) is 63.8 cm³/mol. The molecular weight excluding hydrogens is 298 g/mol. The minimum absolute atomic E-state index is 0.0194. The Morgan fingerprint density at radius 2 is 2.05 bits per heavy atom. The molecule has 8 heteroatoms. The Balaban J connectivity index is 2.49. The molecule has 2 aromatic rings. The summed E-state index contributed by atoms with van der Waals surface area (Å²) in [6.45, 7) is 0. The molecule has 0 spiro atoms. The molecule has 0 amide bonds. The van der Waals surface area contributed by atoms with E-state index in [2.05, 4.69) is 9.72 Å². The Morgan fingerprint density at radius 3 is 2.65 bits per heavy atom. The van der Waals surface area contributed by atoms with Crippen molar-refractivity contribution in [3.8, 4) is 10.6 Å². The number of rotatable bonds is 2. The van der Waals surface area contributed by atoms with E-state index in [1.165, 1.54) is 6.07 Å². The zero-order valence-electron chi connectivity index (χ0n) is 9.99. The Bertz CT molecular complexity index is 651. The summed E-state index contributed by atoms with van der Waals surface area (Å²) >= 11 is 0.759. The first-order valence-electron chi connectivity index (χ1n) is 5.25. The largest absolute Gasteiger partial charge is 0.465 e. The van der Waals surface area contributed by atoms with Gasteiger partial charge in [-0.05, 0) is 12.1 Å². The second-order valence-corrected chi connectivity index (χ2v) is 4.72. The number of alkyl halides is 3. The van der Waals surface area contributed by atoms with Crippen LogP contribution in [0, 0.1) is 5.82 Å². The van der Waals surface area contributed by atoms with E-state index in [0.29, 0.717) is 6.07 Å². The average molecular weight is 305 g/mol. The van der Waals surface area contributed by atoms with Gasteiger partial charge in [-0.2, -0.15) is 13.2 Å². The van der Waals surface area contributed by atoms with Crippen LogP contribution in [0.5, 0.6) is 0 Å². The van der Waals surface area contributed by atoms with Crippen LogP contribution in [-0.4, -0.2) is 18.1 Å². The number of hydrogen-bond donors (Lipinski definition) is 0. The number of aromatic nitrogens is 1. The molecule has 0 N–H and O–H groups in total. The summed E-state index contributed by atoms with van der Waals surface area (Å²) < 4.78 is 56.1. The predicted octanol–water partition coefficient (Wildman–Crippen LogP) is 3.75. The van der Waals surface area contributed by atoms with Crippen molar-refractivity contribution in [1.82, 2.24) is 4.98 Å². The van der Waals surface area contributed by atoms with Crippen molar-refractivity contribution in [1.29, 1.82) is 0 Å². The normalized spacial score (nSPS) is 11.4. The maximum Gasteiger partial charge on any atom is 0.419 e. The fraction of sp³-hybridized carbons (Fsp3) is 0.167. The lowest BCUT2D eigenvalue weighted by Gasteiger charge is -2.09. The van der Waals surface area contributed by atoms with Crippen LogP contribution in [0.2, 0.25) is 0 Å². The van der Waals surface area contributed by atoms with E-state index in [9.17, 15) is 22.4 Å². The topological polar surface area (TPSA) is 39.2 Å². The van der Waals surface area contributed by atoms with Crippen LogP contribution < -0.4 is 0 Å². The third kappa shape index (κ3) is 2.64. The molecule has 3 nitrogen and oxygen atoms in total. The Morgan fingerprint density at radius 1 is 1.35 bits per heavy atom. The molecule has 0 aliphatic rings. The first kappa shape index (κ1) is 14.4. The molecule has 1 aromatic carbocycles. The Kier molecular flexibility index (Phi) is 3.76. The van der Waals surface area contributed by atoms with E-state index in [1.807, 2.05) is 0 Å². The highest BCUT2D eigenvalue weighted by molar-refractivity contribution is 7.16. The van der Waals surface area contributed by atoms with Gasteiger partial charge in [0.25, 0.3) is 0 Å². The van der Waals surface area contributed by atoms with Crippen molar-refractivity contribution in [2.24, 2.45) is 0 Å². The van der Waals surface area contributed by atoms with Crippen LogP contribution in [0.3, 0.4) is 0 Å². The summed E-state index contributed by atoms with van der Waals surface area (Å²) in [6, 6.07) is 2.90. The Hall–Kier alpha value is -1.96. The van der Waals surface area contributed by atoms with Crippen LogP contribution in [0.4, 0.5) is 17.6 Å². The molecule has 0 saturated carbocycles. The average Bonchev–Trinajstić information content (AvgIpc) is 2.86. The van der Waals surface area contributed by atoms with Crippen LogP contribution in [0.15, 0.2) is 24.4 Å². The van der Waals surface area contributed by atoms with Crippen molar-refractivity contribution < 1.29 is 27.1 Å². The molecule has 106 valence electrons. The summed E-state index contributed by atoms with van der Waals surface area (Å²) in [4.78, 5) is 15.1. The highest BCUT2D eigenvalue weighted by Crippen LogP contribution is 2.36. The fourth-order valence-electron chi connectivity index (χ4n) is 1.51. The third-order valence-corrected chi connectivity index (χ3v) is 3.44. The second-order valence-electron chi connectivity index (χ2n) is 3.69. The number of nitrogens with zero attached hydrogens (tertiary/aromatic N) is 1. The van der Waals surface area contributed by atoms with Gasteiger partial charge in [0.05, 0.1) is 18.9 Å².